The Morgan fingerprint density at radius 3 is 0.852 bits per heavy atom. The Bertz CT molecular complexity index is 541. The molecule has 0 aliphatic heterocycles. The summed E-state index contributed by atoms with van der Waals surface area (Å²) in [5.41, 5.74) is 5.47. The van der Waals surface area contributed by atoms with Crippen molar-refractivity contribution < 1.29 is 0 Å². The first-order chi connectivity index (χ1) is 13.0. The Morgan fingerprint density at radius 1 is 0.519 bits per heavy atom. The number of aryl methyl sites for hydroxylation is 4. The highest BCUT2D eigenvalue weighted by Gasteiger charge is 1.84. The molecule has 0 fully saturated rings. The highest BCUT2D eigenvalue weighted by Crippen LogP contribution is 2.03. The molecule has 0 amide bonds. The van der Waals surface area contributed by atoms with Crippen LogP contribution >= 0.6 is 0 Å². The van der Waals surface area contributed by atoms with Crippen molar-refractivity contribution in [1.82, 2.24) is 0 Å². The van der Waals surface area contributed by atoms with Crippen molar-refractivity contribution in [2.75, 3.05) is 0 Å². The average molecular weight is 363 g/mol. The van der Waals surface area contributed by atoms with Crippen LogP contribution in [0.3, 0.4) is 0 Å². The van der Waals surface area contributed by atoms with Crippen LogP contribution in [-0.4, -0.2) is 0 Å². The minimum atomic E-state index is 1.25. The van der Waals surface area contributed by atoms with Gasteiger partial charge in [0, 0.05) is 0 Å². The van der Waals surface area contributed by atoms with Crippen LogP contribution in [-0.2, 0) is 0 Å². The van der Waals surface area contributed by atoms with Gasteiger partial charge in [-0.25, -0.2) is 0 Å². The van der Waals surface area contributed by atoms with Gasteiger partial charge < -0.3 is 0 Å². The van der Waals surface area contributed by atoms with Crippen LogP contribution in [0.5, 0.6) is 0 Å². The predicted octanol–water partition coefficient (Wildman–Crippen LogP) is 8.34. The summed E-state index contributed by atoms with van der Waals surface area (Å²) in [4.78, 5) is 0. The van der Waals surface area contributed by atoms with E-state index >= 15 is 0 Å². The van der Waals surface area contributed by atoms with Crippen LogP contribution in [0.4, 0.5) is 0 Å². The van der Waals surface area contributed by atoms with Gasteiger partial charge in [0.05, 0.1) is 0 Å². The summed E-state index contributed by atoms with van der Waals surface area (Å²) in [5.74, 6) is 0. The minimum Gasteiger partial charge on any atom is -0.0702 e. The molecule has 0 saturated carbocycles. The van der Waals surface area contributed by atoms with E-state index in [0.717, 1.165) is 0 Å². The van der Waals surface area contributed by atoms with Crippen LogP contribution in [0.25, 0.3) is 0 Å². The van der Waals surface area contributed by atoms with Crippen molar-refractivity contribution >= 4 is 0 Å². The summed E-state index contributed by atoms with van der Waals surface area (Å²) < 4.78 is 0. The number of benzene rings is 2. The van der Waals surface area contributed by atoms with Crippen LogP contribution in [0.2, 0.25) is 0 Å². The lowest BCUT2D eigenvalue weighted by atomic mass is 10.1. The third-order valence-corrected chi connectivity index (χ3v) is 3.40. The molecule has 146 valence electrons. The second-order valence-corrected chi connectivity index (χ2v) is 5.88. The maximum Gasteiger partial charge on any atom is -0.0115 e. The molecule has 0 bridgehead atoms. The predicted molar refractivity (Wildman–Crippen MR) is 123 cm³/mol. The fourth-order valence-electron chi connectivity index (χ4n) is 1.63. The van der Waals surface area contributed by atoms with E-state index < -0.39 is 0 Å². The molecule has 0 atom stereocenters. The van der Waals surface area contributed by atoms with Gasteiger partial charge >= 0.3 is 0 Å². The Labute approximate surface area is 169 Å². The molecule has 3 rings (SSSR count). The van der Waals surface area contributed by atoms with E-state index in [2.05, 4.69) is 102 Å². The first-order valence-corrected chi connectivity index (χ1v) is 9.90. The molecule has 0 spiro atoms. The summed E-state index contributed by atoms with van der Waals surface area (Å²) in [6, 6.07) is 29.7. The first-order valence-electron chi connectivity index (χ1n) is 9.90. The van der Waals surface area contributed by atoms with E-state index in [4.69, 9.17) is 0 Å². The standard InChI is InChI=1S/2C8H10.C6H4.C3H8.C2H6/c2*1-7-5-3-4-6-8(7)2;1-2-4-6-5-3-1;1-3-2;1-2/h2*3-6H,1-2H3;1-4H;3H2,1-2H3;1-2H3. The molecule has 0 aliphatic carbocycles. The van der Waals surface area contributed by atoms with Gasteiger partial charge in [-0.2, -0.15) is 0 Å². The quantitative estimate of drug-likeness (QED) is 0.377. The van der Waals surface area contributed by atoms with Gasteiger partial charge in [-0.15, -0.1) is 0 Å². The van der Waals surface area contributed by atoms with Crippen molar-refractivity contribution in [3.63, 3.8) is 0 Å². The molecule has 0 N–H and O–H groups in total. The van der Waals surface area contributed by atoms with Gasteiger partial charge in [0.1, 0.15) is 0 Å². The largest absolute Gasteiger partial charge is 0.0702 e. The topological polar surface area (TPSA) is 0 Å². The monoisotopic (exact) mass is 362 g/mol. The highest BCUT2D eigenvalue weighted by molar-refractivity contribution is 5.24. The van der Waals surface area contributed by atoms with E-state index in [-0.39, 0.29) is 0 Å². The molecular weight excluding hydrogens is 324 g/mol. The molecule has 0 nitrogen and oxygen atoms in total. The maximum absolute atomic E-state index is 2.77. The molecule has 27 heavy (non-hydrogen) atoms. The van der Waals surface area contributed by atoms with E-state index in [1.165, 1.54) is 28.7 Å². The second kappa shape index (κ2) is 19.8. The van der Waals surface area contributed by atoms with E-state index in [1.54, 1.807) is 0 Å². The summed E-state index contributed by atoms with van der Waals surface area (Å²) in [6.45, 7) is 16.7. The van der Waals surface area contributed by atoms with Gasteiger partial charge in [0.25, 0.3) is 0 Å². The molecule has 0 heteroatoms. The summed E-state index contributed by atoms with van der Waals surface area (Å²) in [7, 11) is 0. The van der Waals surface area contributed by atoms with Crippen molar-refractivity contribution in [2.24, 2.45) is 0 Å². The van der Waals surface area contributed by atoms with Crippen LogP contribution < -0.4 is 0 Å². The summed E-state index contributed by atoms with van der Waals surface area (Å²) in [6.07, 6.45) is 1.25. The zero-order chi connectivity index (χ0) is 20.9. The van der Waals surface area contributed by atoms with Crippen molar-refractivity contribution in [3.05, 3.63) is 107 Å². The third-order valence-electron chi connectivity index (χ3n) is 3.40. The summed E-state index contributed by atoms with van der Waals surface area (Å²) in [5, 5.41) is 0. The normalized spacial score (nSPS) is 7.85. The molecule has 0 heterocycles. The molecule has 0 unspecified atom stereocenters. The average Bonchev–Trinajstić information content (AvgIpc) is 2.71. The minimum absolute atomic E-state index is 1.25. The number of hydrogen-bond acceptors (Lipinski definition) is 0. The fraction of sp³-hybridized carbons (Fsp3) is 0.333. The van der Waals surface area contributed by atoms with Crippen LogP contribution in [0, 0.1) is 39.8 Å². The summed E-state index contributed by atoms with van der Waals surface area (Å²) >= 11 is 0. The zero-order valence-corrected chi connectivity index (χ0v) is 18.6. The fourth-order valence-corrected chi connectivity index (χ4v) is 1.63. The number of rotatable bonds is 0. The van der Waals surface area contributed by atoms with Crippen molar-refractivity contribution in [1.29, 1.82) is 0 Å². The van der Waals surface area contributed by atoms with E-state index in [9.17, 15) is 0 Å². The second-order valence-electron chi connectivity index (χ2n) is 5.88. The molecule has 3 aromatic carbocycles. The van der Waals surface area contributed by atoms with Gasteiger partial charge in [-0.05, 0) is 62.1 Å². The first kappa shape index (κ1) is 26.7. The van der Waals surface area contributed by atoms with Gasteiger partial charge in [0.2, 0.25) is 0 Å². The molecule has 0 radical (unpaired) electrons. The molecular formula is C27H38. The highest BCUT2D eigenvalue weighted by atomic mass is 13.9. The number of hydrogen-bond donors (Lipinski definition) is 0. The van der Waals surface area contributed by atoms with Crippen LogP contribution in [0.15, 0.2) is 72.8 Å². The molecule has 0 aliphatic rings. The Balaban J connectivity index is 0. The molecule has 3 aromatic rings. The SMILES string of the molecule is CC.CCC.Cc1ccccc1C.Cc1ccccc1C.c1ccccc#1. The Morgan fingerprint density at radius 2 is 0.741 bits per heavy atom. The van der Waals surface area contributed by atoms with Crippen molar-refractivity contribution in [3.8, 4) is 0 Å². The van der Waals surface area contributed by atoms with Gasteiger partial charge in [0.15, 0.2) is 0 Å². The molecule has 0 saturated heterocycles. The maximum atomic E-state index is 2.77. The van der Waals surface area contributed by atoms with E-state index in [0.29, 0.717) is 0 Å². The lowest BCUT2D eigenvalue weighted by molar-refractivity contribution is 1.09. The third kappa shape index (κ3) is 16.7. The zero-order valence-electron chi connectivity index (χ0n) is 18.6. The van der Waals surface area contributed by atoms with Gasteiger partial charge in [-0.1, -0.05) is 107 Å². The van der Waals surface area contributed by atoms with Crippen LogP contribution in [0.1, 0.15) is 56.4 Å². The van der Waals surface area contributed by atoms with Crippen molar-refractivity contribution in [2.45, 2.75) is 61.8 Å². The smallest absolute Gasteiger partial charge is 0.0115 e. The Kier molecular flexibility index (Phi) is 19.6. The van der Waals surface area contributed by atoms with Gasteiger partial charge in [-0.3, -0.25) is 0 Å². The Hall–Kier alpha value is -2.52. The molecule has 0 aromatic heterocycles. The van der Waals surface area contributed by atoms with E-state index in [1.807, 2.05) is 38.1 Å². The lowest BCUT2D eigenvalue weighted by Gasteiger charge is -1.93. The lowest BCUT2D eigenvalue weighted by Crippen LogP contribution is -1.74.